The molecule has 0 saturated carbocycles. The average molecular weight is 283 g/mol. The van der Waals surface area contributed by atoms with E-state index in [-0.39, 0.29) is 11.3 Å². The van der Waals surface area contributed by atoms with Gasteiger partial charge in [0.25, 0.3) is 0 Å². The molecule has 4 heteroatoms. The van der Waals surface area contributed by atoms with E-state index in [0.29, 0.717) is 5.41 Å². The van der Waals surface area contributed by atoms with Crippen molar-refractivity contribution in [3.63, 3.8) is 0 Å². The van der Waals surface area contributed by atoms with Gasteiger partial charge >= 0.3 is 0 Å². The van der Waals surface area contributed by atoms with Crippen molar-refractivity contribution >= 4 is 5.91 Å². The lowest BCUT2D eigenvalue weighted by molar-refractivity contribution is -0.129. The third-order valence-corrected chi connectivity index (χ3v) is 5.03. The van der Waals surface area contributed by atoms with E-state index < -0.39 is 0 Å². The third kappa shape index (κ3) is 5.41. The Bertz CT molecular complexity index is 310. The van der Waals surface area contributed by atoms with Crippen LogP contribution >= 0.6 is 0 Å². The van der Waals surface area contributed by atoms with Crippen LogP contribution in [0.15, 0.2) is 0 Å². The molecule has 1 amide bonds. The molecule has 2 aliphatic heterocycles. The molecule has 0 unspecified atom stereocenters. The maximum Gasteiger partial charge on any atom is 0.223 e. The summed E-state index contributed by atoms with van der Waals surface area (Å²) in [4.78, 5) is 15.6. The summed E-state index contributed by atoms with van der Waals surface area (Å²) in [5.74, 6) is -0.148. The van der Waals surface area contributed by atoms with Gasteiger partial charge in [-0.15, -0.1) is 0 Å². The van der Waals surface area contributed by atoms with Crippen LogP contribution in [0.5, 0.6) is 0 Å². The Morgan fingerprint density at radius 2 is 1.20 bits per heavy atom. The van der Waals surface area contributed by atoms with Crippen molar-refractivity contribution in [1.82, 2.24) is 9.80 Å². The van der Waals surface area contributed by atoms with Crippen molar-refractivity contribution in [2.45, 2.75) is 46.5 Å². The molecule has 0 atom stereocenters. The van der Waals surface area contributed by atoms with Gasteiger partial charge in [0.2, 0.25) is 5.91 Å². The number of likely N-dealkylation sites (tertiary alicyclic amines) is 2. The van der Waals surface area contributed by atoms with E-state index in [0.717, 1.165) is 25.9 Å². The molecular weight excluding hydrogens is 250 g/mol. The highest BCUT2D eigenvalue weighted by Crippen LogP contribution is 2.29. The molecule has 0 aliphatic carbocycles. The number of rotatable bonds is 1. The predicted molar refractivity (Wildman–Crippen MR) is 84.5 cm³/mol. The summed E-state index contributed by atoms with van der Waals surface area (Å²) in [6.45, 7) is 11.2. The Kier molecular flexibility index (Phi) is 6.02. The van der Waals surface area contributed by atoms with Crippen LogP contribution in [0.25, 0.3) is 0 Å². The fourth-order valence-electron chi connectivity index (χ4n) is 2.58. The Hall–Kier alpha value is -0.610. The van der Waals surface area contributed by atoms with E-state index in [9.17, 15) is 4.79 Å². The second kappa shape index (κ2) is 6.90. The first-order valence-electron chi connectivity index (χ1n) is 7.82. The predicted octanol–water partition coefficient (Wildman–Crippen LogP) is 1.94. The van der Waals surface area contributed by atoms with Crippen LogP contribution in [0.3, 0.4) is 0 Å². The average Bonchev–Trinajstić information content (AvgIpc) is 2.38. The summed E-state index contributed by atoms with van der Waals surface area (Å²) >= 11 is 0. The van der Waals surface area contributed by atoms with Crippen LogP contribution in [0.1, 0.15) is 46.5 Å². The Labute approximate surface area is 124 Å². The smallest absolute Gasteiger partial charge is 0.223 e. The molecule has 0 spiro atoms. The fourth-order valence-corrected chi connectivity index (χ4v) is 2.58. The van der Waals surface area contributed by atoms with Crippen LogP contribution in [0.4, 0.5) is 0 Å². The molecule has 0 radical (unpaired) electrons. The van der Waals surface area contributed by atoms with E-state index in [1.54, 1.807) is 0 Å². The number of carbonyl (C=O) groups is 1. The van der Waals surface area contributed by atoms with Crippen LogP contribution in [0.2, 0.25) is 0 Å². The highest BCUT2D eigenvalue weighted by Gasteiger charge is 2.33. The Morgan fingerprint density at radius 1 is 0.850 bits per heavy atom. The van der Waals surface area contributed by atoms with Crippen molar-refractivity contribution in [1.29, 1.82) is 0 Å². The first-order valence-corrected chi connectivity index (χ1v) is 7.82. The van der Waals surface area contributed by atoms with Crippen molar-refractivity contribution in [3.05, 3.63) is 0 Å². The highest BCUT2D eigenvalue weighted by molar-refractivity contribution is 5.80. The Balaban J connectivity index is 0.000000204. The SMILES string of the molecule is CN1CCC(C)(C(N)=O)CC1.CN1CCC(C)(C)CC1. The van der Waals surface area contributed by atoms with Gasteiger partial charge in [-0.25, -0.2) is 0 Å². The van der Waals surface area contributed by atoms with Crippen LogP contribution < -0.4 is 5.73 Å². The van der Waals surface area contributed by atoms with Crippen LogP contribution in [-0.4, -0.2) is 56.0 Å². The van der Waals surface area contributed by atoms with Gasteiger partial charge in [-0.05, 0) is 71.4 Å². The molecular formula is C16H33N3O. The first-order chi connectivity index (χ1) is 9.15. The van der Waals surface area contributed by atoms with E-state index in [1.165, 1.54) is 25.9 Å². The first kappa shape index (κ1) is 17.4. The van der Waals surface area contributed by atoms with Crippen LogP contribution in [-0.2, 0) is 4.79 Å². The van der Waals surface area contributed by atoms with Crippen molar-refractivity contribution in [2.75, 3.05) is 40.3 Å². The lowest BCUT2D eigenvalue weighted by atomic mass is 9.80. The molecule has 2 fully saturated rings. The molecule has 2 aliphatic rings. The van der Waals surface area contributed by atoms with Crippen molar-refractivity contribution in [3.8, 4) is 0 Å². The number of hydrogen-bond donors (Lipinski definition) is 1. The van der Waals surface area contributed by atoms with E-state index in [1.807, 2.05) is 6.92 Å². The highest BCUT2D eigenvalue weighted by atomic mass is 16.1. The van der Waals surface area contributed by atoms with Gasteiger partial charge in [-0.2, -0.15) is 0 Å². The maximum atomic E-state index is 11.0. The summed E-state index contributed by atoms with van der Waals surface area (Å²) in [5, 5.41) is 0. The summed E-state index contributed by atoms with van der Waals surface area (Å²) in [6, 6.07) is 0. The largest absolute Gasteiger partial charge is 0.369 e. The lowest BCUT2D eigenvalue weighted by Crippen LogP contribution is -2.44. The molecule has 0 aromatic carbocycles. The number of amides is 1. The topological polar surface area (TPSA) is 49.6 Å². The van der Waals surface area contributed by atoms with E-state index in [2.05, 4.69) is 37.7 Å². The summed E-state index contributed by atoms with van der Waals surface area (Å²) in [5.41, 5.74) is 5.66. The zero-order valence-electron chi connectivity index (χ0n) is 14.0. The number of carbonyl (C=O) groups excluding carboxylic acids is 1. The maximum absolute atomic E-state index is 11.0. The monoisotopic (exact) mass is 283 g/mol. The number of nitrogens with zero attached hydrogens (tertiary/aromatic N) is 2. The van der Waals surface area contributed by atoms with Crippen molar-refractivity contribution < 1.29 is 4.79 Å². The molecule has 4 nitrogen and oxygen atoms in total. The van der Waals surface area contributed by atoms with Gasteiger partial charge in [0.15, 0.2) is 0 Å². The van der Waals surface area contributed by atoms with Gasteiger partial charge in [-0.3, -0.25) is 4.79 Å². The van der Waals surface area contributed by atoms with Crippen LogP contribution in [0, 0.1) is 10.8 Å². The minimum absolute atomic E-state index is 0.148. The lowest BCUT2D eigenvalue weighted by Gasteiger charge is -2.35. The molecule has 2 N–H and O–H groups in total. The molecule has 0 bridgehead atoms. The number of primary amides is 1. The second-order valence-electron chi connectivity index (χ2n) is 7.70. The normalized spacial score (nSPS) is 26.4. The summed E-state index contributed by atoms with van der Waals surface area (Å²) < 4.78 is 0. The summed E-state index contributed by atoms with van der Waals surface area (Å²) in [6.07, 6.45) is 4.53. The molecule has 2 heterocycles. The van der Waals surface area contributed by atoms with E-state index in [4.69, 9.17) is 5.73 Å². The summed E-state index contributed by atoms with van der Waals surface area (Å²) in [7, 11) is 4.27. The molecule has 20 heavy (non-hydrogen) atoms. The Morgan fingerprint density at radius 3 is 1.50 bits per heavy atom. The molecule has 0 aromatic heterocycles. The van der Waals surface area contributed by atoms with Gasteiger partial charge in [0.1, 0.15) is 0 Å². The third-order valence-electron chi connectivity index (χ3n) is 5.03. The van der Waals surface area contributed by atoms with Gasteiger partial charge in [0.05, 0.1) is 0 Å². The van der Waals surface area contributed by atoms with E-state index >= 15 is 0 Å². The quantitative estimate of drug-likeness (QED) is 0.800. The number of piperidine rings is 2. The second-order valence-corrected chi connectivity index (χ2v) is 7.70. The zero-order chi connectivity index (χ0) is 15.4. The molecule has 2 saturated heterocycles. The van der Waals surface area contributed by atoms with Gasteiger partial charge in [-0.1, -0.05) is 20.8 Å². The van der Waals surface area contributed by atoms with Gasteiger partial charge < -0.3 is 15.5 Å². The minimum Gasteiger partial charge on any atom is -0.369 e. The number of nitrogens with two attached hydrogens (primary N) is 1. The number of hydrogen-bond acceptors (Lipinski definition) is 3. The molecule has 118 valence electrons. The minimum atomic E-state index is -0.244. The molecule has 2 rings (SSSR count). The molecule has 0 aromatic rings. The van der Waals surface area contributed by atoms with Crippen molar-refractivity contribution in [2.24, 2.45) is 16.6 Å². The van der Waals surface area contributed by atoms with Gasteiger partial charge in [0, 0.05) is 5.41 Å². The zero-order valence-corrected chi connectivity index (χ0v) is 14.0. The fraction of sp³-hybridized carbons (Fsp3) is 0.938. The standard InChI is InChI=1S/C8H16N2O.C8H17N/c1-8(7(9)11)3-5-10(2)6-4-8;1-8(2)4-6-9(3)7-5-8/h3-6H2,1-2H3,(H2,9,11);4-7H2,1-3H3.